The molecule has 72 heavy (non-hydrogen) atoms. The molecular weight excluding hydrogens is 867 g/mol. The Morgan fingerprint density at radius 3 is 1.43 bits per heavy atom. The Labute approximate surface area is 423 Å². The van der Waals surface area contributed by atoms with Crippen LogP contribution >= 0.6 is 0 Å². The van der Waals surface area contributed by atoms with E-state index in [1.54, 1.807) is 0 Å². The first-order valence-corrected chi connectivity index (χ1v) is 25.2. The minimum absolute atomic E-state index is 0.0316. The summed E-state index contributed by atoms with van der Waals surface area (Å²) in [6.45, 7) is 6.89. The molecule has 0 heterocycles. The first-order valence-electron chi connectivity index (χ1n) is 25.2. The van der Waals surface area contributed by atoms with E-state index in [0.29, 0.717) is 0 Å². The van der Waals surface area contributed by atoms with Crippen molar-refractivity contribution in [3.63, 3.8) is 0 Å². The Hall–Kier alpha value is -8.78. The molecule has 1 aliphatic rings. The van der Waals surface area contributed by atoms with Crippen molar-refractivity contribution in [1.82, 2.24) is 0 Å². The van der Waals surface area contributed by atoms with Gasteiger partial charge in [0.2, 0.25) is 0 Å². The third-order valence-electron chi connectivity index (χ3n) is 15.3. The molecule has 12 aromatic carbocycles. The molecule has 1 aliphatic carbocycles. The Morgan fingerprint density at radius 2 is 0.792 bits per heavy atom. The van der Waals surface area contributed by atoms with Crippen LogP contribution in [0.1, 0.15) is 48.6 Å². The van der Waals surface area contributed by atoms with E-state index >= 15 is 0 Å². The van der Waals surface area contributed by atoms with Gasteiger partial charge in [0.25, 0.3) is 0 Å². The van der Waals surface area contributed by atoms with Crippen LogP contribution in [0.4, 0.5) is 17.1 Å². The van der Waals surface area contributed by atoms with Gasteiger partial charge in [0.15, 0.2) is 0 Å². The van der Waals surface area contributed by atoms with E-state index in [9.17, 15) is 0 Å². The second kappa shape index (κ2) is 17.3. The maximum atomic E-state index is 2.43. The zero-order valence-corrected chi connectivity index (χ0v) is 40.9. The standard InChI is InChI=1S/C71H53N/c1-70(2,3)55-38-40-56(41-39-55)71(57-37-32-48-16-4-5-19-53(48)46-57)67-30-11-10-26-66(67)69-65(29-15-31-68(69)71)54-22-12-23-60(47-54)72(58-42-33-51(34-43-58)63-27-13-20-49-17-6-8-24-61(49)63)59-44-35-52(36-45-59)64-28-14-21-50-18-7-9-25-62(50)64/h4-47H,1-3H3. The summed E-state index contributed by atoms with van der Waals surface area (Å²) in [6.07, 6.45) is 0. The summed E-state index contributed by atoms with van der Waals surface area (Å²) in [5.74, 6) is 0. The quantitative estimate of drug-likeness (QED) is 0.147. The van der Waals surface area contributed by atoms with Gasteiger partial charge in [-0.2, -0.15) is 0 Å². The van der Waals surface area contributed by atoms with Crippen LogP contribution in [0.25, 0.3) is 76.8 Å². The lowest BCUT2D eigenvalue weighted by Crippen LogP contribution is -2.28. The summed E-state index contributed by atoms with van der Waals surface area (Å²) < 4.78 is 0. The van der Waals surface area contributed by atoms with Gasteiger partial charge >= 0.3 is 0 Å². The molecular formula is C71H53N. The molecule has 0 aliphatic heterocycles. The van der Waals surface area contributed by atoms with Crippen LogP contribution in [-0.4, -0.2) is 0 Å². The topological polar surface area (TPSA) is 3.24 Å². The van der Waals surface area contributed by atoms with E-state index in [4.69, 9.17) is 0 Å². The Balaban J connectivity index is 0.981. The van der Waals surface area contributed by atoms with Gasteiger partial charge in [-0.05, 0) is 153 Å². The average Bonchev–Trinajstić information content (AvgIpc) is 3.74. The third-order valence-corrected chi connectivity index (χ3v) is 15.3. The fourth-order valence-electron chi connectivity index (χ4n) is 11.8. The van der Waals surface area contributed by atoms with Crippen molar-refractivity contribution >= 4 is 49.4 Å². The zero-order chi connectivity index (χ0) is 48.4. The molecule has 0 bridgehead atoms. The molecule has 0 fully saturated rings. The summed E-state index contributed by atoms with van der Waals surface area (Å²) in [6, 6.07) is 99.4. The van der Waals surface area contributed by atoms with Gasteiger partial charge < -0.3 is 4.90 Å². The second-order valence-corrected chi connectivity index (χ2v) is 20.4. The Morgan fingerprint density at radius 1 is 0.306 bits per heavy atom. The van der Waals surface area contributed by atoms with Gasteiger partial charge in [0.05, 0.1) is 5.41 Å². The highest BCUT2D eigenvalue weighted by atomic mass is 15.1. The average molecular weight is 920 g/mol. The predicted octanol–water partition coefficient (Wildman–Crippen LogP) is 19.3. The summed E-state index contributed by atoms with van der Waals surface area (Å²) >= 11 is 0. The van der Waals surface area contributed by atoms with Crippen LogP contribution in [0.5, 0.6) is 0 Å². The Kier molecular flexibility index (Phi) is 10.4. The van der Waals surface area contributed by atoms with Crippen molar-refractivity contribution in [3.05, 3.63) is 295 Å². The summed E-state index contributed by atoms with van der Waals surface area (Å²) in [4.78, 5) is 2.41. The molecule has 342 valence electrons. The molecule has 1 heteroatoms. The van der Waals surface area contributed by atoms with E-state index in [1.807, 2.05) is 0 Å². The number of fused-ring (bicyclic) bond motifs is 6. The van der Waals surface area contributed by atoms with Crippen LogP contribution in [0.2, 0.25) is 0 Å². The number of hydrogen-bond donors (Lipinski definition) is 0. The van der Waals surface area contributed by atoms with Crippen LogP contribution in [-0.2, 0) is 10.8 Å². The maximum absolute atomic E-state index is 2.43. The number of hydrogen-bond acceptors (Lipinski definition) is 1. The van der Waals surface area contributed by atoms with Crippen molar-refractivity contribution in [3.8, 4) is 44.5 Å². The van der Waals surface area contributed by atoms with Gasteiger partial charge in [-0.15, -0.1) is 0 Å². The van der Waals surface area contributed by atoms with Gasteiger partial charge in [0.1, 0.15) is 0 Å². The van der Waals surface area contributed by atoms with E-state index in [2.05, 4.69) is 293 Å². The van der Waals surface area contributed by atoms with Crippen LogP contribution in [0.15, 0.2) is 267 Å². The van der Waals surface area contributed by atoms with E-state index < -0.39 is 5.41 Å². The molecule has 12 aromatic rings. The molecule has 0 aromatic heterocycles. The van der Waals surface area contributed by atoms with Gasteiger partial charge in [-0.1, -0.05) is 245 Å². The number of benzene rings is 12. The minimum atomic E-state index is -0.552. The second-order valence-electron chi connectivity index (χ2n) is 20.4. The lowest BCUT2D eigenvalue weighted by molar-refractivity contribution is 0.589. The molecule has 0 amide bonds. The van der Waals surface area contributed by atoms with E-state index in [1.165, 1.54) is 105 Å². The predicted molar refractivity (Wildman–Crippen MR) is 306 cm³/mol. The summed E-state index contributed by atoms with van der Waals surface area (Å²) in [5, 5.41) is 7.48. The highest BCUT2D eigenvalue weighted by Gasteiger charge is 2.47. The normalized spacial score (nSPS) is 14.1. The number of rotatable bonds is 8. The smallest absolute Gasteiger partial charge is 0.0714 e. The van der Waals surface area contributed by atoms with Gasteiger partial charge in [-0.25, -0.2) is 0 Å². The highest BCUT2D eigenvalue weighted by molar-refractivity contribution is 6.00. The number of anilines is 3. The minimum Gasteiger partial charge on any atom is -0.310 e. The van der Waals surface area contributed by atoms with Crippen molar-refractivity contribution in [2.24, 2.45) is 0 Å². The molecule has 13 rings (SSSR count). The fraction of sp³-hybridized carbons (Fsp3) is 0.0704. The summed E-state index contributed by atoms with van der Waals surface area (Å²) in [5.41, 5.74) is 19.0. The van der Waals surface area contributed by atoms with Crippen molar-refractivity contribution in [2.75, 3.05) is 4.90 Å². The first-order chi connectivity index (χ1) is 35.3. The molecule has 0 saturated carbocycles. The summed E-state index contributed by atoms with van der Waals surface area (Å²) in [7, 11) is 0. The van der Waals surface area contributed by atoms with Crippen LogP contribution in [0.3, 0.4) is 0 Å². The highest BCUT2D eigenvalue weighted by Crippen LogP contribution is 2.59. The molecule has 0 N–H and O–H groups in total. The zero-order valence-electron chi connectivity index (χ0n) is 40.9. The van der Waals surface area contributed by atoms with Crippen molar-refractivity contribution < 1.29 is 0 Å². The largest absolute Gasteiger partial charge is 0.310 e. The van der Waals surface area contributed by atoms with Crippen LogP contribution in [0, 0.1) is 0 Å². The molecule has 1 nitrogen and oxygen atoms in total. The lowest BCUT2D eigenvalue weighted by atomic mass is 9.67. The SMILES string of the molecule is CC(C)(C)c1ccc(C2(c3ccc4ccccc4c3)c3ccccc3-c3c(-c4cccc(N(c5ccc(-c6cccc7ccccc67)cc5)c5ccc(-c6cccc7ccccc67)cc5)c4)cccc32)cc1. The Bertz CT molecular complexity index is 3870. The number of nitrogens with zero attached hydrogens (tertiary/aromatic N) is 1. The van der Waals surface area contributed by atoms with Crippen LogP contribution < -0.4 is 4.90 Å². The molecule has 1 atom stereocenters. The lowest BCUT2D eigenvalue weighted by Gasteiger charge is -2.35. The monoisotopic (exact) mass is 919 g/mol. The van der Waals surface area contributed by atoms with Gasteiger partial charge in [0, 0.05) is 17.1 Å². The van der Waals surface area contributed by atoms with Gasteiger partial charge in [-0.3, -0.25) is 0 Å². The van der Waals surface area contributed by atoms with E-state index in [0.717, 1.165) is 17.1 Å². The first kappa shape index (κ1) is 43.3. The maximum Gasteiger partial charge on any atom is 0.0714 e. The molecule has 1 unspecified atom stereocenters. The third kappa shape index (κ3) is 7.15. The van der Waals surface area contributed by atoms with E-state index in [-0.39, 0.29) is 5.41 Å². The molecule has 0 spiro atoms. The molecule has 0 saturated heterocycles. The molecule has 0 radical (unpaired) electrons. The van der Waals surface area contributed by atoms with Crippen molar-refractivity contribution in [1.29, 1.82) is 0 Å². The fourth-order valence-corrected chi connectivity index (χ4v) is 11.8. The van der Waals surface area contributed by atoms with Crippen molar-refractivity contribution in [2.45, 2.75) is 31.6 Å².